The van der Waals surface area contributed by atoms with Crippen LogP contribution in [0.25, 0.3) is 27.7 Å². The number of phenolic OH excluding ortho intramolecular Hbond substituents is 1. The SMILES string of the molecule is C=O.COC.Cc1ccc(N2CCOCC2)cc1-n1nc(-c2ccc(O)cc2)c2ccccc2c1=O. The third kappa shape index (κ3) is 5.79. The van der Waals surface area contributed by atoms with Gasteiger partial charge in [-0.1, -0.05) is 24.3 Å². The molecular formula is C28H31N3O5. The van der Waals surface area contributed by atoms with E-state index < -0.39 is 0 Å². The van der Waals surface area contributed by atoms with Crippen LogP contribution in [0.15, 0.2) is 71.5 Å². The molecule has 36 heavy (non-hydrogen) atoms. The van der Waals surface area contributed by atoms with Crippen LogP contribution in [-0.4, -0.2) is 62.2 Å². The molecule has 0 atom stereocenters. The molecule has 1 fully saturated rings. The number of aromatic hydroxyl groups is 1. The Bertz CT molecular complexity index is 1350. The van der Waals surface area contributed by atoms with Gasteiger partial charge in [0.05, 0.1) is 30.0 Å². The van der Waals surface area contributed by atoms with Crippen molar-refractivity contribution in [1.29, 1.82) is 0 Å². The number of benzene rings is 3. The number of anilines is 1. The summed E-state index contributed by atoms with van der Waals surface area (Å²) in [6, 6.07) is 20.6. The van der Waals surface area contributed by atoms with Gasteiger partial charge in [-0.2, -0.15) is 9.78 Å². The Morgan fingerprint density at radius 2 is 1.56 bits per heavy atom. The number of carbonyl (C=O) groups excluding carboxylic acids is 1. The molecule has 1 saturated heterocycles. The second-order valence-corrected chi connectivity index (χ2v) is 8.14. The second-order valence-electron chi connectivity index (χ2n) is 8.14. The van der Waals surface area contributed by atoms with E-state index in [9.17, 15) is 9.90 Å². The number of aromatic nitrogens is 2. The smallest absolute Gasteiger partial charge is 0.279 e. The minimum atomic E-state index is -0.152. The fourth-order valence-corrected chi connectivity index (χ4v) is 4.03. The van der Waals surface area contributed by atoms with Crippen LogP contribution in [0.1, 0.15) is 5.56 Å². The van der Waals surface area contributed by atoms with Gasteiger partial charge < -0.3 is 24.3 Å². The molecule has 0 saturated carbocycles. The maximum absolute atomic E-state index is 13.4. The van der Waals surface area contributed by atoms with Gasteiger partial charge in [0.15, 0.2) is 0 Å². The Hall–Kier alpha value is -4.01. The molecule has 0 bridgehead atoms. The summed E-state index contributed by atoms with van der Waals surface area (Å²) in [7, 11) is 3.25. The van der Waals surface area contributed by atoms with E-state index in [1.807, 2.05) is 62.2 Å². The fraction of sp³-hybridized carbons (Fsp3) is 0.250. The van der Waals surface area contributed by atoms with Crippen LogP contribution in [0.2, 0.25) is 0 Å². The standard InChI is InChI=1S/C25H23N3O3.C2H6O.CH2O/c1-17-6-9-19(27-12-14-31-15-13-27)16-23(17)28-25(30)22-5-3-2-4-21(22)24(26-28)18-7-10-20(29)11-8-18;1-3-2;1-2/h2-11,16,29H,12-15H2,1H3;1-2H3;1H2. The van der Waals surface area contributed by atoms with Crippen LogP contribution in [0.4, 0.5) is 5.69 Å². The maximum Gasteiger partial charge on any atom is 0.279 e. The highest BCUT2D eigenvalue weighted by molar-refractivity contribution is 5.94. The van der Waals surface area contributed by atoms with E-state index >= 15 is 0 Å². The lowest BCUT2D eigenvalue weighted by Crippen LogP contribution is -2.36. The first kappa shape index (κ1) is 26.6. The molecule has 1 aliphatic heterocycles. The van der Waals surface area contributed by atoms with Gasteiger partial charge in [-0.05, 0) is 55.0 Å². The van der Waals surface area contributed by atoms with E-state index in [0.717, 1.165) is 41.0 Å². The van der Waals surface area contributed by atoms with Crippen molar-refractivity contribution in [1.82, 2.24) is 9.78 Å². The normalized spacial score (nSPS) is 12.8. The monoisotopic (exact) mass is 489 g/mol. The highest BCUT2D eigenvalue weighted by Gasteiger charge is 2.17. The first-order valence-electron chi connectivity index (χ1n) is 11.5. The van der Waals surface area contributed by atoms with Crippen LogP contribution < -0.4 is 10.5 Å². The predicted octanol–water partition coefficient (Wildman–Crippen LogP) is 3.98. The molecule has 0 amide bonds. The second kappa shape index (κ2) is 12.6. The molecule has 0 aliphatic carbocycles. The van der Waals surface area contributed by atoms with Crippen LogP contribution in [0, 0.1) is 6.92 Å². The summed E-state index contributed by atoms with van der Waals surface area (Å²) in [6.07, 6.45) is 0. The van der Waals surface area contributed by atoms with Crippen molar-refractivity contribution in [2.75, 3.05) is 45.4 Å². The number of nitrogens with zero attached hydrogens (tertiary/aromatic N) is 3. The molecule has 2 heterocycles. The maximum atomic E-state index is 13.4. The molecule has 4 aromatic rings. The minimum absolute atomic E-state index is 0.152. The van der Waals surface area contributed by atoms with Crippen LogP contribution >= 0.6 is 0 Å². The summed E-state index contributed by atoms with van der Waals surface area (Å²) < 4.78 is 11.2. The minimum Gasteiger partial charge on any atom is -0.508 e. The Morgan fingerprint density at radius 1 is 0.944 bits per heavy atom. The zero-order chi connectivity index (χ0) is 26.1. The third-order valence-electron chi connectivity index (χ3n) is 5.74. The Kier molecular flexibility index (Phi) is 9.32. The van der Waals surface area contributed by atoms with Gasteiger partial charge in [-0.3, -0.25) is 4.79 Å². The molecule has 0 unspecified atom stereocenters. The van der Waals surface area contributed by atoms with Gasteiger partial charge in [-0.15, -0.1) is 0 Å². The predicted molar refractivity (Wildman–Crippen MR) is 142 cm³/mol. The van der Waals surface area contributed by atoms with Gasteiger partial charge >= 0.3 is 0 Å². The molecule has 0 radical (unpaired) electrons. The summed E-state index contributed by atoms with van der Waals surface area (Å²) in [5, 5.41) is 15.9. The van der Waals surface area contributed by atoms with Crippen LogP contribution in [-0.2, 0) is 14.3 Å². The van der Waals surface area contributed by atoms with Crippen molar-refractivity contribution in [3.05, 3.63) is 82.6 Å². The zero-order valence-corrected chi connectivity index (χ0v) is 20.8. The van der Waals surface area contributed by atoms with E-state index in [4.69, 9.17) is 14.6 Å². The number of aryl methyl sites for hydroxylation is 1. The van der Waals surface area contributed by atoms with E-state index in [0.29, 0.717) is 24.3 Å². The van der Waals surface area contributed by atoms with Crippen LogP contribution in [0.3, 0.4) is 0 Å². The highest BCUT2D eigenvalue weighted by atomic mass is 16.5. The average Bonchev–Trinajstić information content (AvgIpc) is 2.92. The fourth-order valence-electron chi connectivity index (χ4n) is 4.03. The first-order valence-corrected chi connectivity index (χ1v) is 11.5. The largest absolute Gasteiger partial charge is 0.508 e. The lowest BCUT2D eigenvalue weighted by Gasteiger charge is -2.29. The van der Waals surface area contributed by atoms with Crippen molar-refractivity contribution in [3.8, 4) is 22.7 Å². The van der Waals surface area contributed by atoms with Gasteiger partial charge in [0.25, 0.3) is 5.56 Å². The molecule has 8 heteroatoms. The molecule has 3 aromatic carbocycles. The summed E-state index contributed by atoms with van der Waals surface area (Å²) in [5.74, 6) is 0.190. The topological polar surface area (TPSA) is 93.9 Å². The average molecular weight is 490 g/mol. The van der Waals surface area contributed by atoms with Gasteiger partial charge in [0.2, 0.25) is 0 Å². The quantitative estimate of drug-likeness (QED) is 0.465. The zero-order valence-electron chi connectivity index (χ0n) is 20.8. The van der Waals surface area contributed by atoms with Crippen molar-refractivity contribution in [2.45, 2.75) is 6.92 Å². The molecule has 188 valence electrons. The van der Waals surface area contributed by atoms with Crippen LogP contribution in [0.5, 0.6) is 5.75 Å². The number of morpholine rings is 1. The lowest BCUT2D eigenvalue weighted by molar-refractivity contribution is -0.0980. The number of carbonyl (C=O) groups is 1. The Morgan fingerprint density at radius 3 is 2.19 bits per heavy atom. The van der Waals surface area contributed by atoms with E-state index in [-0.39, 0.29) is 11.3 Å². The molecule has 0 spiro atoms. The van der Waals surface area contributed by atoms with Crippen molar-refractivity contribution >= 4 is 23.2 Å². The number of rotatable bonds is 3. The van der Waals surface area contributed by atoms with Gasteiger partial charge in [-0.25, -0.2) is 0 Å². The Labute approximate surface area is 210 Å². The number of hydrogen-bond donors (Lipinski definition) is 1. The lowest BCUT2D eigenvalue weighted by atomic mass is 10.0. The summed E-state index contributed by atoms with van der Waals surface area (Å²) in [6.45, 7) is 7.02. The summed E-state index contributed by atoms with van der Waals surface area (Å²) in [4.78, 5) is 23.7. The first-order chi connectivity index (χ1) is 17.5. The van der Waals surface area contributed by atoms with E-state index in [1.165, 1.54) is 4.68 Å². The van der Waals surface area contributed by atoms with Gasteiger partial charge in [0, 0.05) is 43.9 Å². The number of hydrogen-bond acceptors (Lipinski definition) is 7. The molecular weight excluding hydrogens is 458 g/mol. The molecule has 5 rings (SSSR count). The molecule has 1 aliphatic rings. The summed E-state index contributed by atoms with van der Waals surface area (Å²) in [5.41, 5.74) is 4.17. The molecule has 8 nitrogen and oxygen atoms in total. The van der Waals surface area contributed by atoms with Crippen molar-refractivity contribution in [2.24, 2.45) is 0 Å². The van der Waals surface area contributed by atoms with Gasteiger partial charge in [0.1, 0.15) is 12.5 Å². The third-order valence-corrected chi connectivity index (χ3v) is 5.74. The number of fused-ring (bicyclic) bond motifs is 1. The van der Waals surface area contributed by atoms with Crippen molar-refractivity contribution < 1.29 is 19.4 Å². The summed E-state index contributed by atoms with van der Waals surface area (Å²) >= 11 is 0. The Balaban J connectivity index is 0.000000674. The number of ether oxygens (including phenoxy) is 2. The number of phenols is 1. The number of methoxy groups -OCH3 is 1. The highest BCUT2D eigenvalue weighted by Crippen LogP contribution is 2.28. The van der Waals surface area contributed by atoms with E-state index in [2.05, 4.69) is 15.7 Å². The molecule has 1 aromatic heterocycles. The van der Waals surface area contributed by atoms with Crippen molar-refractivity contribution in [3.63, 3.8) is 0 Å². The van der Waals surface area contributed by atoms with E-state index in [1.54, 1.807) is 26.4 Å². The molecule has 1 N–H and O–H groups in total.